The number of hydrogen-bond acceptors (Lipinski definition) is 4. The molecule has 0 aromatic heterocycles. The first-order valence-corrected chi connectivity index (χ1v) is 11.8. The molecule has 0 saturated heterocycles. The molecule has 0 spiro atoms. The summed E-state index contributed by atoms with van der Waals surface area (Å²) < 4.78 is 23.1. The van der Waals surface area contributed by atoms with Gasteiger partial charge in [-0.05, 0) is 40.5 Å². The number of para-hydroxylation sites is 1. The van der Waals surface area contributed by atoms with Gasteiger partial charge in [-0.3, -0.25) is 10.1 Å². The Kier molecular flexibility index (Phi) is 6.32. The lowest BCUT2D eigenvalue weighted by Gasteiger charge is -2.34. The second-order valence-corrected chi connectivity index (χ2v) is 8.82. The first-order chi connectivity index (χ1) is 17.9. The normalized spacial score (nSPS) is 18.8. The summed E-state index contributed by atoms with van der Waals surface area (Å²) in [5, 5.41) is 12.3. The fourth-order valence-corrected chi connectivity index (χ4v) is 4.99. The zero-order valence-electron chi connectivity index (χ0n) is 20.2. The molecule has 1 aliphatic carbocycles. The molecule has 0 amide bonds. The molecule has 0 aliphatic heterocycles. The summed E-state index contributed by atoms with van der Waals surface area (Å²) in [5.41, 5.74) is 7.96. The van der Waals surface area contributed by atoms with Crippen LogP contribution < -0.4 is 10.5 Å². The number of benzene rings is 4. The molecular formula is C31H25FN2O3. The lowest BCUT2D eigenvalue weighted by atomic mass is 9.73. The minimum absolute atomic E-state index is 0.0617. The van der Waals surface area contributed by atoms with Crippen LogP contribution in [0, 0.1) is 10.1 Å². The van der Waals surface area contributed by atoms with Crippen LogP contribution in [-0.4, -0.2) is 18.1 Å². The Morgan fingerprint density at radius 3 is 2.24 bits per heavy atom. The van der Waals surface area contributed by atoms with Gasteiger partial charge in [0.25, 0.3) is 6.04 Å². The molecule has 4 aromatic carbocycles. The number of hydrogen-bond donors (Lipinski definition) is 1. The molecule has 0 bridgehead atoms. The van der Waals surface area contributed by atoms with Gasteiger partial charge in [0.15, 0.2) is 0 Å². The van der Waals surface area contributed by atoms with Crippen LogP contribution in [0.4, 0.5) is 10.1 Å². The molecule has 0 radical (unpaired) electrons. The van der Waals surface area contributed by atoms with Crippen LogP contribution in [-0.2, 0) is 5.67 Å². The van der Waals surface area contributed by atoms with Gasteiger partial charge in [-0.2, -0.15) is 0 Å². The summed E-state index contributed by atoms with van der Waals surface area (Å²) in [7, 11) is 1.58. The van der Waals surface area contributed by atoms with Crippen molar-refractivity contribution < 1.29 is 14.1 Å². The number of anilines is 1. The third kappa shape index (κ3) is 4.16. The van der Waals surface area contributed by atoms with Gasteiger partial charge in [0, 0.05) is 27.3 Å². The smallest absolute Gasteiger partial charge is 0.273 e. The highest BCUT2D eigenvalue weighted by atomic mass is 19.1. The molecule has 4 aromatic rings. The highest BCUT2D eigenvalue weighted by Crippen LogP contribution is 2.51. The average molecular weight is 493 g/mol. The van der Waals surface area contributed by atoms with Crippen molar-refractivity contribution in [3.8, 4) is 28.0 Å². The first kappa shape index (κ1) is 24.0. The van der Waals surface area contributed by atoms with E-state index in [9.17, 15) is 10.1 Å². The van der Waals surface area contributed by atoms with Gasteiger partial charge in [0.05, 0.1) is 7.11 Å². The number of alkyl halides is 1. The minimum Gasteiger partial charge on any atom is -0.497 e. The van der Waals surface area contributed by atoms with Crippen molar-refractivity contribution in [3.05, 3.63) is 137 Å². The number of methoxy groups -OCH3 is 1. The molecule has 6 heteroatoms. The predicted octanol–water partition coefficient (Wildman–Crippen LogP) is 7.07. The number of allylic oxidation sites excluding steroid dienone is 2. The molecule has 5 rings (SSSR count). The molecule has 0 saturated carbocycles. The van der Waals surface area contributed by atoms with Gasteiger partial charge in [0.2, 0.25) is 5.67 Å². The number of nitro groups is 1. The third-order valence-corrected chi connectivity index (χ3v) is 6.76. The zero-order valence-corrected chi connectivity index (χ0v) is 20.2. The summed E-state index contributed by atoms with van der Waals surface area (Å²) in [6.07, 6.45) is 4.43. The van der Waals surface area contributed by atoms with Crippen LogP contribution >= 0.6 is 0 Å². The Balaban J connectivity index is 1.75. The van der Waals surface area contributed by atoms with Gasteiger partial charge in [-0.15, -0.1) is 0 Å². The number of nitrogens with two attached hydrogens (primary N) is 1. The van der Waals surface area contributed by atoms with E-state index in [2.05, 4.69) is 0 Å². The fourth-order valence-electron chi connectivity index (χ4n) is 4.99. The summed E-state index contributed by atoms with van der Waals surface area (Å²) in [5.74, 6) is 0.652. The Morgan fingerprint density at radius 2 is 1.51 bits per heavy atom. The highest BCUT2D eigenvalue weighted by molar-refractivity contribution is 5.90. The van der Waals surface area contributed by atoms with Gasteiger partial charge in [-0.1, -0.05) is 97.1 Å². The maximum Gasteiger partial charge on any atom is 0.273 e. The van der Waals surface area contributed by atoms with E-state index in [1.807, 2.05) is 66.7 Å². The fraction of sp³-hybridized carbons (Fsp3) is 0.0968. The second kappa shape index (κ2) is 9.74. The molecule has 1 aliphatic rings. The van der Waals surface area contributed by atoms with Crippen LogP contribution in [0.1, 0.15) is 11.1 Å². The maximum absolute atomic E-state index is 17.7. The van der Waals surface area contributed by atoms with Gasteiger partial charge in [0.1, 0.15) is 5.75 Å². The van der Waals surface area contributed by atoms with Crippen molar-refractivity contribution in [2.75, 3.05) is 12.8 Å². The number of rotatable bonds is 6. The average Bonchev–Trinajstić information content (AvgIpc) is 2.93. The van der Waals surface area contributed by atoms with Crippen LogP contribution in [0.3, 0.4) is 0 Å². The third-order valence-electron chi connectivity index (χ3n) is 6.76. The molecule has 37 heavy (non-hydrogen) atoms. The van der Waals surface area contributed by atoms with E-state index >= 15 is 4.39 Å². The predicted molar refractivity (Wildman–Crippen MR) is 145 cm³/mol. The molecule has 2 atom stereocenters. The van der Waals surface area contributed by atoms with Gasteiger partial charge < -0.3 is 10.5 Å². The summed E-state index contributed by atoms with van der Waals surface area (Å²) >= 11 is 0. The Morgan fingerprint density at radius 1 is 0.865 bits per heavy atom. The molecule has 5 nitrogen and oxygen atoms in total. The Labute approximate surface area is 214 Å². The molecule has 0 heterocycles. The van der Waals surface area contributed by atoms with E-state index in [0.29, 0.717) is 16.9 Å². The Bertz CT molecular complexity index is 1530. The number of nitrogens with zero attached hydrogens (tertiary/aromatic N) is 1. The van der Waals surface area contributed by atoms with Crippen LogP contribution in [0.2, 0.25) is 0 Å². The molecule has 2 unspecified atom stereocenters. The van der Waals surface area contributed by atoms with E-state index in [1.54, 1.807) is 49.6 Å². The van der Waals surface area contributed by atoms with Gasteiger partial charge in [-0.25, -0.2) is 4.39 Å². The SMILES string of the molecule is COc1cccc(-c2ccccc2C2=CC=CC([N+](=O)[O-])C2(F)c2cccc(-c3ccccc3)c2N)c1. The molecule has 0 fully saturated rings. The number of halogens is 1. The van der Waals surface area contributed by atoms with Crippen LogP contribution in [0.15, 0.2) is 115 Å². The molecule has 184 valence electrons. The van der Waals surface area contributed by atoms with Crippen molar-refractivity contribution in [1.29, 1.82) is 0 Å². The number of nitrogen functional groups attached to an aromatic ring is 1. The monoisotopic (exact) mass is 492 g/mol. The van der Waals surface area contributed by atoms with E-state index in [0.717, 1.165) is 16.7 Å². The maximum atomic E-state index is 17.7. The van der Waals surface area contributed by atoms with Crippen molar-refractivity contribution in [3.63, 3.8) is 0 Å². The summed E-state index contributed by atoms with van der Waals surface area (Å²) in [4.78, 5) is 11.7. The quantitative estimate of drug-likeness (QED) is 0.177. The molecular weight excluding hydrogens is 467 g/mol. The van der Waals surface area contributed by atoms with E-state index in [4.69, 9.17) is 10.5 Å². The lowest BCUT2D eigenvalue weighted by Crippen LogP contribution is -2.42. The van der Waals surface area contributed by atoms with Crippen molar-refractivity contribution in [2.24, 2.45) is 0 Å². The highest BCUT2D eigenvalue weighted by Gasteiger charge is 2.54. The van der Waals surface area contributed by atoms with E-state index in [-0.39, 0.29) is 16.8 Å². The zero-order chi connectivity index (χ0) is 26.0. The first-order valence-electron chi connectivity index (χ1n) is 11.8. The van der Waals surface area contributed by atoms with Crippen molar-refractivity contribution in [1.82, 2.24) is 0 Å². The lowest BCUT2D eigenvalue weighted by molar-refractivity contribution is -0.525. The standard InChI is InChI=1S/C31H25FN2O3/c1-37-23-13-7-12-22(20-23)24-14-5-6-15-26(24)27-17-9-19-29(34(35)36)31(27,32)28-18-8-16-25(30(28)33)21-10-3-2-4-11-21/h2-20,29H,33H2,1H3. The van der Waals surface area contributed by atoms with Crippen molar-refractivity contribution >= 4 is 11.3 Å². The largest absolute Gasteiger partial charge is 0.497 e. The molecule has 2 N–H and O–H groups in total. The Hall–Kier alpha value is -4.71. The second-order valence-electron chi connectivity index (χ2n) is 8.82. The number of ether oxygens (including phenoxy) is 1. The van der Waals surface area contributed by atoms with Gasteiger partial charge >= 0.3 is 0 Å². The van der Waals surface area contributed by atoms with E-state index < -0.39 is 16.6 Å². The summed E-state index contributed by atoms with van der Waals surface area (Å²) in [6.45, 7) is 0. The van der Waals surface area contributed by atoms with Crippen LogP contribution in [0.5, 0.6) is 5.75 Å². The summed E-state index contributed by atoms with van der Waals surface area (Å²) in [6, 6.07) is 27.5. The van der Waals surface area contributed by atoms with Crippen molar-refractivity contribution in [2.45, 2.75) is 11.7 Å². The topological polar surface area (TPSA) is 78.4 Å². The minimum atomic E-state index is -2.53. The van der Waals surface area contributed by atoms with Crippen LogP contribution in [0.25, 0.3) is 27.8 Å². The van der Waals surface area contributed by atoms with E-state index in [1.165, 1.54) is 6.08 Å².